The van der Waals surface area contributed by atoms with Crippen LogP contribution in [0.25, 0.3) is 0 Å². The van der Waals surface area contributed by atoms with Gasteiger partial charge in [-0.3, -0.25) is 9.59 Å². The molecule has 0 saturated carbocycles. The van der Waals surface area contributed by atoms with Crippen LogP contribution in [0.3, 0.4) is 0 Å². The summed E-state index contributed by atoms with van der Waals surface area (Å²) in [5, 5.41) is 5.80. The van der Waals surface area contributed by atoms with Gasteiger partial charge in [-0.15, -0.1) is 0 Å². The van der Waals surface area contributed by atoms with Gasteiger partial charge in [-0.2, -0.15) is 0 Å². The minimum absolute atomic E-state index is 0.176. The summed E-state index contributed by atoms with van der Waals surface area (Å²) in [7, 11) is 0. The van der Waals surface area contributed by atoms with Crippen molar-refractivity contribution in [2.45, 2.75) is 13.0 Å². The molecule has 0 bridgehead atoms. The first-order chi connectivity index (χ1) is 11.0. The van der Waals surface area contributed by atoms with Crippen molar-refractivity contribution in [2.75, 3.05) is 6.54 Å². The van der Waals surface area contributed by atoms with Gasteiger partial charge in [0.15, 0.2) is 0 Å². The zero-order valence-electron chi connectivity index (χ0n) is 12.5. The van der Waals surface area contributed by atoms with Gasteiger partial charge in [0.25, 0.3) is 5.91 Å². The summed E-state index contributed by atoms with van der Waals surface area (Å²) in [5.41, 5.74) is 1.09. The summed E-state index contributed by atoms with van der Waals surface area (Å²) in [6, 6.07) is 12.0. The second kappa shape index (κ2) is 7.74. The zero-order chi connectivity index (χ0) is 16.8. The molecule has 0 aliphatic rings. The van der Waals surface area contributed by atoms with Crippen molar-refractivity contribution < 1.29 is 14.0 Å². The number of carbonyl (C=O) groups excluding carboxylic acids is 2. The van der Waals surface area contributed by atoms with Crippen molar-refractivity contribution in [3.8, 4) is 0 Å². The van der Waals surface area contributed by atoms with E-state index < -0.39 is 11.7 Å². The number of halogens is 2. The minimum Gasteiger partial charge on any atom is -0.348 e. The second-order valence-corrected chi connectivity index (χ2v) is 5.41. The predicted octanol–water partition coefficient (Wildman–Crippen LogP) is 3.09. The fourth-order valence-electron chi connectivity index (χ4n) is 2.06. The molecule has 0 aliphatic carbocycles. The molecule has 2 N–H and O–H groups in total. The van der Waals surface area contributed by atoms with Crippen molar-refractivity contribution in [2.24, 2.45) is 0 Å². The van der Waals surface area contributed by atoms with Crippen LogP contribution in [-0.2, 0) is 4.79 Å². The second-order valence-electron chi connectivity index (χ2n) is 5.00. The highest BCUT2D eigenvalue weighted by Crippen LogP contribution is 2.21. The molecule has 0 aliphatic heterocycles. The lowest BCUT2D eigenvalue weighted by atomic mass is 10.1. The molecule has 1 unspecified atom stereocenters. The van der Waals surface area contributed by atoms with Crippen molar-refractivity contribution in [1.29, 1.82) is 0 Å². The normalized spacial score (nSPS) is 11.6. The van der Waals surface area contributed by atoms with E-state index in [9.17, 15) is 14.0 Å². The highest BCUT2D eigenvalue weighted by atomic mass is 35.5. The molecule has 0 aromatic heterocycles. The number of carbonyl (C=O) groups is 2. The van der Waals surface area contributed by atoms with Crippen LogP contribution in [0, 0.1) is 5.82 Å². The van der Waals surface area contributed by atoms with Crippen LogP contribution in [0.4, 0.5) is 4.39 Å². The number of rotatable bonds is 5. The Bertz CT molecular complexity index is 704. The molecule has 0 spiro atoms. The van der Waals surface area contributed by atoms with Crippen LogP contribution in [0.15, 0.2) is 48.5 Å². The average molecular weight is 335 g/mol. The van der Waals surface area contributed by atoms with Gasteiger partial charge in [0.2, 0.25) is 5.91 Å². The summed E-state index contributed by atoms with van der Waals surface area (Å²) in [4.78, 5) is 23.7. The maximum atomic E-state index is 12.8. The van der Waals surface area contributed by atoms with Gasteiger partial charge in [0.1, 0.15) is 5.82 Å². The molecule has 2 aromatic carbocycles. The third kappa shape index (κ3) is 4.79. The Labute approximate surface area is 138 Å². The van der Waals surface area contributed by atoms with Crippen LogP contribution in [0.5, 0.6) is 0 Å². The SMILES string of the molecule is CC(NC(=O)CNC(=O)c1ccc(F)cc1)c1ccccc1Cl. The van der Waals surface area contributed by atoms with Gasteiger partial charge in [-0.25, -0.2) is 4.39 Å². The Kier molecular flexibility index (Phi) is 5.71. The van der Waals surface area contributed by atoms with Crippen molar-refractivity contribution in [1.82, 2.24) is 10.6 Å². The van der Waals surface area contributed by atoms with Crippen LogP contribution in [0.1, 0.15) is 28.9 Å². The number of benzene rings is 2. The molecule has 0 saturated heterocycles. The quantitative estimate of drug-likeness (QED) is 0.882. The number of nitrogens with one attached hydrogen (secondary N) is 2. The Morgan fingerprint density at radius 3 is 2.43 bits per heavy atom. The first kappa shape index (κ1) is 17.0. The fourth-order valence-corrected chi connectivity index (χ4v) is 2.36. The molecule has 23 heavy (non-hydrogen) atoms. The molecule has 120 valence electrons. The maximum absolute atomic E-state index is 12.8. The Hall–Kier alpha value is -2.40. The van der Waals surface area contributed by atoms with E-state index in [1.807, 2.05) is 18.2 Å². The first-order valence-corrected chi connectivity index (χ1v) is 7.42. The monoisotopic (exact) mass is 334 g/mol. The van der Waals surface area contributed by atoms with E-state index in [-0.39, 0.29) is 18.5 Å². The molecule has 6 heteroatoms. The highest BCUT2D eigenvalue weighted by molar-refractivity contribution is 6.31. The van der Waals surface area contributed by atoms with Gasteiger partial charge in [-0.1, -0.05) is 29.8 Å². The lowest BCUT2D eigenvalue weighted by molar-refractivity contribution is -0.120. The van der Waals surface area contributed by atoms with Crippen LogP contribution in [-0.4, -0.2) is 18.4 Å². The number of hydrogen-bond donors (Lipinski definition) is 2. The summed E-state index contributed by atoms with van der Waals surface area (Å²) < 4.78 is 12.8. The topological polar surface area (TPSA) is 58.2 Å². The molecular weight excluding hydrogens is 319 g/mol. The molecule has 1 atom stereocenters. The summed E-state index contributed by atoms with van der Waals surface area (Å²) in [6.45, 7) is 1.63. The molecular formula is C17H16ClFN2O2. The lowest BCUT2D eigenvalue weighted by Crippen LogP contribution is -2.38. The third-order valence-electron chi connectivity index (χ3n) is 3.27. The summed E-state index contributed by atoms with van der Waals surface area (Å²) in [5.74, 6) is -1.20. The number of hydrogen-bond acceptors (Lipinski definition) is 2. The molecule has 2 aromatic rings. The summed E-state index contributed by atoms with van der Waals surface area (Å²) >= 11 is 6.07. The zero-order valence-corrected chi connectivity index (χ0v) is 13.2. The van der Waals surface area contributed by atoms with Crippen LogP contribution >= 0.6 is 11.6 Å². The fraction of sp³-hybridized carbons (Fsp3) is 0.176. The summed E-state index contributed by atoms with van der Waals surface area (Å²) in [6.07, 6.45) is 0. The molecule has 2 amide bonds. The Morgan fingerprint density at radius 1 is 1.13 bits per heavy atom. The van der Waals surface area contributed by atoms with Gasteiger partial charge in [-0.05, 0) is 42.8 Å². The third-order valence-corrected chi connectivity index (χ3v) is 3.61. The number of amides is 2. The smallest absolute Gasteiger partial charge is 0.251 e. The van der Waals surface area contributed by atoms with E-state index in [0.717, 1.165) is 5.56 Å². The highest BCUT2D eigenvalue weighted by Gasteiger charge is 2.13. The van der Waals surface area contributed by atoms with E-state index >= 15 is 0 Å². The molecule has 4 nitrogen and oxygen atoms in total. The van der Waals surface area contributed by atoms with E-state index in [4.69, 9.17) is 11.6 Å². The van der Waals surface area contributed by atoms with Crippen LogP contribution < -0.4 is 10.6 Å². The Balaban J connectivity index is 1.86. The van der Waals surface area contributed by atoms with Gasteiger partial charge in [0, 0.05) is 10.6 Å². The minimum atomic E-state index is -0.439. The molecule has 0 fully saturated rings. The van der Waals surface area contributed by atoms with Gasteiger partial charge < -0.3 is 10.6 Å². The van der Waals surface area contributed by atoms with Gasteiger partial charge >= 0.3 is 0 Å². The largest absolute Gasteiger partial charge is 0.348 e. The predicted molar refractivity (Wildman–Crippen MR) is 86.7 cm³/mol. The Morgan fingerprint density at radius 2 is 1.78 bits per heavy atom. The van der Waals surface area contributed by atoms with Gasteiger partial charge in [0.05, 0.1) is 12.6 Å². The van der Waals surface area contributed by atoms with E-state index in [0.29, 0.717) is 10.6 Å². The standard InChI is InChI=1S/C17H16ClFN2O2/c1-11(14-4-2-3-5-15(14)18)21-16(22)10-20-17(23)12-6-8-13(19)9-7-12/h2-9,11H,10H2,1H3,(H,20,23)(H,21,22). The van der Waals surface area contributed by atoms with Crippen LogP contribution in [0.2, 0.25) is 5.02 Å². The first-order valence-electron chi connectivity index (χ1n) is 7.05. The molecule has 0 heterocycles. The van der Waals surface area contributed by atoms with Crippen molar-refractivity contribution in [3.05, 3.63) is 70.5 Å². The molecule has 0 radical (unpaired) electrons. The lowest BCUT2D eigenvalue weighted by Gasteiger charge is -2.16. The van der Waals surface area contributed by atoms with E-state index in [2.05, 4.69) is 10.6 Å². The van der Waals surface area contributed by atoms with Crippen molar-refractivity contribution in [3.63, 3.8) is 0 Å². The average Bonchev–Trinajstić information content (AvgIpc) is 2.53. The maximum Gasteiger partial charge on any atom is 0.251 e. The van der Waals surface area contributed by atoms with Crippen molar-refractivity contribution >= 4 is 23.4 Å². The molecule has 2 rings (SSSR count). The van der Waals surface area contributed by atoms with E-state index in [1.54, 1.807) is 13.0 Å². The van der Waals surface area contributed by atoms with E-state index in [1.165, 1.54) is 24.3 Å².